The predicted molar refractivity (Wildman–Crippen MR) is 23.8 cm³/mol. The summed E-state index contributed by atoms with van der Waals surface area (Å²) in [6.07, 6.45) is 1.66. The van der Waals surface area contributed by atoms with Gasteiger partial charge in [0.25, 0.3) is 0 Å². The molecule has 0 rings (SSSR count). The van der Waals surface area contributed by atoms with Crippen molar-refractivity contribution in [1.82, 2.24) is 0 Å². The van der Waals surface area contributed by atoms with Crippen molar-refractivity contribution in [2.45, 2.75) is 0 Å². The minimum atomic E-state index is 0. The van der Waals surface area contributed by atoms with Gasteiger partial charge < -0.3 is 12.4 Å². The highest BCUT2D eigenvalue weighted by Gasteiger charge is 1.67. The molecule has 0 aliphatic rings. The second kappa shape index (κ2) is 9.53. The Kier molecular flexibility index (Phi) is 14.0. The van der Waals surface area contributed by atoms with Gasteiger partial charge in [0, 0.05) is 5.54 Å². The van der Waals surface area contributed by atoms with Gasteiger partial charge in [-0.05, 0) is 6.08 Å². The molecule has 0 heterocycles. The van der Waals surface area contributed by atoms with Gasteiger partial charge in [0.2, 0.25) is 0 Å². The van der Waals surface area contributed by atoms with E-state index in [-0.39, 0.29) is 12.4 Å². The third kappa shape index (κ3) is 10.7. The maximum atomic E-state index is 5.09. The maximum absolute atomic E-state index is 5.09. The van der Waals surface area contributed by atoms with Crippen LogP contribution in [0.2, 0.25) is 0 Å². The highest BCUT2D eigenvalue weighted by molar-refractivity contribution is 6.25. The van der Waals surface area contributed by atoms with E-state index in [0.29, 0.717) is 6.61 Å². The van der Waals surface area contributed by atoms with Crippen molar-refractivity contribution in [2.24, 2.45) is 0 Å². The number of rotatable bonds is 2. The van der Waals surface area contributed by atoms with E-state index in [4.69, 9.17) is 11.6 Å². The summed E-state index contributed by atoms with van der Waals surface area (Å²) < 4.78 is 0. The van der Waals surface area contributed by atoms with Gasteiger partial charge in [0.05, 0.1) is 0 Å². The zero-order valence-electron chi connectivity index (χ0n) is 3.73. The van der Waals surface area contributed by atoms with Gasteiger partial charge in [0.1, 0.15) is 6.61 Å². The second-order valence-corrected chi connectivity index (χ2v) is 0.984. The van der Waals surface area contributed by atoms with Gasteiger partial charge in [-0.2, -0.15) is 0 Å². The van der Waals surface area contributed by atoms with Crippen molar-refractivity contribution in [3.63, 3.8) is 0 Å². The smallest absolute Gasteiger partial charge is 0.125 e. The SMILES string of the molecule is [Cl-].[NH3+]OC/C=C/Cl. The Hall–Kier alpha value is 0.240. The third-order valence-corrected chi connectivity index (χ3v) is 0.481. The minimum absolute atomic E-state index is 0. The standard InChI is InChI=1S/C3H7ClNO.ClH/c4-2-1-3-6-5;/h1-2H,3H2,5H3;1H/q+1;/p-1/b2-1+;. The molecule has 0 saturated carbocycles. The first-order valence-corrected chi connectivity index (χ1v) is 1.97. The molecule has 0 atom stereocenters. The minimum Gasteiger partial charge on any atom is -1.00 e. The molecular weight excluding hydrogens is 137 g/mol. The lowest BCUT2D eigenvalue weighted by atomic mass is 10.7. The van der Waals surface area contributed by atoms with Crippen LogP contribution in [-0.4, -0.2) is 6.61 Å². The topological polar surface area (TPSA) is 36.9 Å². The Morgan fingerprint density at radius 1 is 1.71 bits per heavy atom. The highest BCUT2D eigenvalue weighted by atomic mass is 35.5. The molecule has 0 fully saturated rings. The number of hydrogen-bond acceptors (Lipinski definition) is 1. The monoisotopic (exact) mass is 143 g/mol. The van der Waals surface area contributed by atoms with E-state index in [1.807, 2.05) is 0 Å². The Morgan fingerprint density at radius 3 is 2.43 bits per heavy atom. The van der Waals surface area contributed by atoms with Crippen LogP contribution in [0.15, 0.2) is 11.6 Å². The Labute approximate surface area is 53.6 Å². The first kappa shape index (κ1) is 10.3. The van der Waals surface area contributed by atoms with Gasteiger partial charge in [0.15, 0.2) is 0 Å². The van der Waals surface area contributed by atoms with Gasteiger partial charge in [-0.15, -0.1) is 0 Å². The molecule has 0 bridgehead atoms. The zero-order valence-corrected chi connectivity index (χ0v) is 5.24. The largest absolute Gasteiger partial charge is 1.00 e. The molecule has 0 saturated heterocycles. The van der Waals surface area contributed by atoms with Gasteiger partial charge in [-0.1, -0.05) is 11.6 Å². The summed E-state index contributed by atoms with van der Waals surface area (Å²) in [7, 11) is 0. The van der Waals surface area contributed by atoms with Crippen LogP contribution in [0.25, 0.3) is 0 Å². The summed E-state index contributed by atoms with van der Waals surface area (Å²) in [5.74, 6) is 3.11. The molecule has 3 N–H and O–H groups in total. The highest BCUT2D eigenvalue weighted by Crippen LogP contribution is 1.74. The lowest BCUT2D eigenvalue weighted by Gasteiger charge is -1.76. The molecular formula is C3H7Cl2NO. The summed E-state index contributed by atoms with van der Waals surface area (Å²) in [5, 5.41) is 0. The lowest BCUT2D eigenvalue weighted by molar-refractivity contribution is -0.686. The molecule has 0 spiro atoms. The molecule has 44 valence electrons. The van der Waals surface area contributed by atoms with Crippen LogP contribution in [-0.2, 0) is 4.84 Å². The van der Waals surface area contributed by atoms with Crippen LogP contribution < -0.4 is 18.3 Å². The fourth-order valence-electron chi connectivity index (χ4n) is 0.104. The molecule has 0 aromatic heterocycles. The molecule has 7 heavy (non-hydrogen) atoms. The van der Waals surface area contributed by atoms with E-state index >= 15 is 0 Å². The van der Waals surface area contributed by atoms with Crippen molar-refractivity contribution >= 4 is 11.6 Å². The van der Waals surface area contributed by atoms with Crippen LogP contribution in [0.5, 0.6) is 0 Å². The van der Waals surface area contributed by atoms with E-state index in [9.17, 15) is 0 Å². The van der Waals surface area contributed by atoms with E-state index in [2.05, 4.69) is 10.7 Å². The normalized spacial score (nSPS) is 8.86. The van der Waals surface area contributed by atoms with Crippen LogP contribution in [0.4, 0.5) is 0 Å². The summed E-state index contributed by atoms with van der Waals surface area (Å²) in [6.45, 7) is 0.490. The number of quaternary nitrogens is 1. The van der Waals surface area contributed by atoms with E-state index in [1.165, 1.54) is 5.54 Å². The molecule has 0 unspecified atom stereocenters. The van der Waals surface area contributed by atoms with Crippen molar-refractivity contribution in [2.75, 3.05) is 6.61 Å². The lowest BCUT2D eigenvalue weighted by Crippen LogP contribution is -3.00. The van der Waals surface area contributed by atoms with Gasteiger partial charge in [-0.25, -0.2) is 10.7 Å². The first-order valence-electron chi connectivity index (χ1n) is 1.54. The Morgan fingerprint density at radius 2 is 2.29 bits per heavy atom. The molecule has 4 heteroatoms. The quantitative estimate of drug-likeness (QED) is 0.410. The van der Waals surface area contributed by atoms with E-state index in [1.54, 1.807) is 6.08 Å². The molecule has 0 aliphatic heterocycles. The van der Waals surface area contributed by atoms with Crippen molar-refractivity contribution in [3.05, 3.63) is 11.6 Å². The van der Waals surface area contributed by atoms with Crippen LogP contribution >= 0.6 is 11.6 Å². The summed E-state index contributed by atoms with van der Waals surface area (Å²) in [6, 6.07) is 0. The van der Waals surface area contributed by atoms with Crippen molar-refractivity contribution in [1.29, 1.82) is 0 Å². The zero-order chi connectivity index (χ0) is 4.83. The third-order valence-electron chi connectivity index (χ3n) is 0.303. The Bertz CT molecular complexity index is 48.2. The average Bonchev–Trinajstić information content (AvgIpc) is 1.61. The van der Waals surface area contributed by atoms with E-state index in [0.717, 1.165) is 0 Å². The van der Waals surface area contributed by atoms with Crippen LogP contribution in [0, 0.1) is 0 Å². The summed E-state index contributed by atoms with van der Waals surface area (Å²) >= 11 is 5.09. The second-order valence-electron chi connectivity index (χ2n) is 0.732. The number of halogens is 2. The molecule has 0 aromatic rings. The van der Waals surface area contributed by atoms with Crippen molar-refractivity contribution in [3.8, 4) is 0 Å². The molecule has 0 amide bonds. The first-order chi connectivity index (χ1) is 2.91. The molecule has 0 aromatic carbocycles. The van der Waals surface area contributed by atoms with Crippen molar-refractivity contribution < 1.29 is 23.1 Å². The van der Waals surface area contributed by atoms with Crippen LogP contribution in [0.3, 0.4) is 0 Å². The van der Waals surface area contributed by atoms with Crippen LogP contribution in [0.1, 0.15) is 0 Å². The molecule has 0 aliphatic carbocycles. The fourth-order valence-corrected chi connectivity index (χ4v) is 0.177. The molecule has 2 nitrogen and oxygen atoms in total. The average molecular weight is 144 g/mol. The molecule has 0 radical (unpaired) electrons. The summed E-state index contributed by atoms with van der Waals surface area (Å²) in [5.41, 5.74) is 1.39. The summed E-state index contributed by atoms with van der Waals surface area (Å²) in [4.78, 5) is 4.36. The van der Waals surface area contributed by atoms with E-state index < -0.39 is 0 Å². The Balaban J connectivity index is 0. The predicted octanol–water partition coefficient (Wildman–Crippen LogP) is -3.08. The number of hydrogen-bond donors (Lipinski definition) is 1. The van der Waals surface area contributed by atoms with Gasteiger partial charge in [-0.3, -0.25) is 0 Å². The fraction of sp³-hybridized carbons (Fsp3) is 0.333. The maximum Gasteiger partial charge on any atom is 0.125 e. The van der Waals surface area contributed by atoms with Gasteiger partial charge >= 0.3 is 0 Å².